The van der Waals surface area contributed by atoms with Crippen LogP contribution in [0.3, 0.4) is 0 Å². The highest BCUT2D eigenvalue weighted by atomic mass is 79.9. The number of aromatic nitrogens is 2. The van der Waals surface area contributed by atoms with E-state index in [1.54, 1.807) is 25.0 Å². The number of rotatable bonds is 5. The molecule has 2 N–H and O–H groups in total. The predicted molar refractivity (Wildman–Crippen MR) is 66.3 cm³/mol. The molecule has 0 aliphatic heterocycles. The van der Waals surface area contributed by atoms with Gasteiger partial charge in [-0.25, -0.2) is 9.97 Å². The maximum absolute atomic E-state index is 8.91. The van der Waals surface area contributed by atoms with Gasteiger partial charge in [-0.15, -0.1) is 11.8 Å². The maximum atomic E-state index is 8.91. The summed E-state index contributed by atoms with van der Waals surface area (Å²) in [5.41, 5.74) is 0. The summed E-state index contributed by atoms with van der Waals surface area (Å²) in [5, 5.41) is 12.7. The minimum Gasteiger partial charge on any atom is -0.396 e. The minimum absolute atomic E-state index is 0.203. The third-order valence-corrected chi connectivity index (χ3v) is 3.91. The van der Waals surface area contributed by atoms with Gasteiger partial charge in [0.2, 0.25) is 5.95 Å². The predicted octanol–water partition coefficient (Wildman–Crippen LogP) is 2.00. The van der Waals surface area contributed by atoms with Gasteiger partial charge in [-0.1, -0.05) is 6.92 Å². The molecule has 0 radical (unpaired) electrons. The van der Waals surface area contributed by atoms with Gasteiger partial charge in [-0.2, -0.15) is 0 Å². The normalized spacial score (nSPS) is 12.5. The summed E-state index contributed by atoms with van der Waals surface area (Å²) in [4.78, 5) is 8.38. The molecule has 15 heavy (non-hydrogen) atoms. The summed E-state index contributed by atoms with van der Waals surface area (Å²) in [6.07, 6.45) is 1.73. The maximum Gasteiger partial charge on any atom is 0.223 e. The summed E-state index contributed by atoms with van der Waals surface area (Å²) in [7, 11) is 1.79. The van der Waals surface area contributed by atoms with Crippen molar-refractivity contribution in [2.24, 2.45) is 5.92 Å². The van der Waals surface area contributed by atoms with E-state index in [0.29, 0.717) is 5.95 Å². The molecule has 0 saturated heterocycles. The average molecular weight is 292 g/mol. The van der Waals surface area contributed by atoms with E-state index in [1.807, 2.05) is 6.92 Å². The van der Waals surface area contributed by atoms with Crippen molar-refractivity contribution in [2.75, 3.05) is 24.7 Å². The largest absolute Gasteiger partial charge is 0.396 e. The molecule has 1 heterocycles. The van der Waals surface area contributed by atoms with Crippen LogP contribution in [-0.4, -0.2) is 34.5 Å². The number of aliphatic hydroxyl groups excluding tert-OH is 1. The molecular weight excluding hydrogens is 278 g/mol. The van der Waals surface area contributed by atoms with Gasteiger partial charge in [0, 0.05) is 25.6 Å². The van der Waals surface area contributed by atoms with Gasteiger partial charge in [-0.05, 0) is 21.8 Å². The highest BCUT2D eigenvalue weighted by Crippen LogP contribution is 2.27. The van der Waals surface area contributed by atoms with E-state index in [1.165, 1.54) is 0 Å². The van der Waals surface area contributed by atoms with Crippen LogP contribution in [0.15, 0.2) is 15.7 Å². The van der Waals surface area contributed by atoms with Crippen LogP contribution in [0.1, 0.15) is 6.92 Å². The van der Waals surface area contributed by atoms with E-state index in [-0.39, 0.29) is 12.5 Å². The second kappa shape index (κ2) is 6.30. The van der Waals surface area contributed by atoms with Gasteiger partial charge in [-0.3, -0.25) is 0 Å². The molecule has 1 atom stereocenters. The molecule has 0 aliphatic rings. The molecule has 0 saturated carbocycles. The van der Waals surface area contributed by atoms with Crippen LogP contribution in [0.5, 0.6) is 0 Å². The number of aliphatic hydroxyl groups is 1. The van der Waals surface area contributed by atoms with Crippen LogP contribution < -0.4 is 5.32 Å². The quantitative estimate of drug-likeness (QED) is 0.642. The first-order chi connectivity index (χ1) is 7.17. The molecule has 0 aliphatic carbocycles. The highest BCUT2D eigenvalue weighted by Gasteiger charge is 2.07. The first kappa shape index (κ1) is 12.7. The molecule has 1 unspecified atom stereocenters. The second-order valence-corrected chi connectivity index (χ2v) is 5.06. The van der Waals surface area contributed by atoms with Gasteiger partial charge < -0.3 is 10.4 Å². The Balaban J connectivity index is 2.66. The lowest BCUT2D eigenvalue weighted by Crippen LogP contribution is -2.04. The number of anilines is 1. The molecular formula is C9H14BrN3OS. The summed E-state index contributed by atoms with van der Waals surface area (Å²) < 4.78 is 0.886. The van der Waals surface area contributed by atoms with Crippen LogP contribution in [0.4, 0.5) is 5.95 Å². The van der Waals surface area contributed by atoms with Gasteiger partial charge in [0.05, 0.1) is 4.47 Å². The zero-order valence-electron chi connectivity index (χ0n) is 8.70. The molecule has 0 bridgehead atoms. The Hall–Kier alpha value is -0.330. The fourth-order valence-corrected chi connectivity index (χ4v) is 2.27. The first-order valence-corrected chi connectivity index (χ1v) is 6.39. The van der Waals surface area contributed by atoms with Crippen molar-refractivity contribution in [2.45, 2.75) is 11.9 Å². The number of halogens is 1. The highest BCUT2D eigenvalue weighted by molar-refractivity contribution is 9.10. The molecule has 0 fully saturated rings. The minimum atomic E-state index is 0.203. The van der Waals surface area contributed by atoms with E-state index < -0.39 is 0 Å². The molecule has 1 aromatic rings. The Morgan fingerprint density at radius 1 is 1.67 bits per heavy atom. The van der Waals surface area contributed by atoms with Crippen LogP contribution in [0, 0.1) is 5.92 Å². The monoisotopic (exact) mass is 291 g/mol. The topological polar surface area (TPSA) is 58.0 Å². The van der Waals surface area contributed by atoms with Gasteiger partial charge in [0.15, 0.2) is 0 Å². The van der Waals surface area contributed by atoms with Crippen molar-refractivity contribution in [1.82, 2.24) is 9.97 Å². The third kappa shape index (κ3) is 3.96. The van der Waals surface area contributed by atoms with Gasteiger partial charge in [0.1, 0.15) is 5.03 Å². The lowest BCUT2D eigenvalue weighted by atomic mass is 10.2. The van der Waals surface area contributed by atoms with Crippen LogP contribution in [-0.2, 0) is 0 Å². The van der Waals surface area contributed by atoms with Crippen LogP contribution in [0.2, 0.25) is 0 Å². The van der Waals surface area contributed by atoms with Crippen molar-refractivity contribution in [3.05, 3.63) is 10.7 Å². The number of nitrogens with one attached hydrogen (secondary N) is 1. The van der Waals surface area contributed by atoms with Crippen molar-refractivity contribution in [1.29, 1.82) is 0 Å². The van der Waals surface area contributed by atoms with Crippen molar-refractivity contribution in [3.63, 3.8) is 0 Å². The van der Waals surface area contributed by atoms with E-state index >= 15 is 0 Å². The van der Waals surface area contributed by atoms with Crippen LogP contribution in [0.25, 0.3) is 0 Å². The summed E-state index contributed by atoms with van der Waals surface area (Å²) >= 11 is 5.01. The standard InChI is InChI=1S/C9H14BrN3OS/c1-6(4-14)5-15-8-7(10)3-12-9(11-2)13-8/h3,6,14H,4-5H2,1-2H3,(H,11,12,13). The molecule has 4 nitrogen and oxygen atoms in total. The van der Waals surface area contributed by atoms with E-state index in [0.717, 1.165) is 15.3 Å². The molecule has 0 amide bonds. The second-order valence-electron chi connectivity index (χ2n) is 3.20. The number of hydrogen-bond donors (Lipinski definition) is 2. The Labute approximate surface area is 102 Å². The summed E-state index contributed by atoms with van der Waals surface area (Å²) in [6, 6.07) is 0. The van der Waals surface area contributed by atoms with Crippen LogP contribution >= 0.6 is 27.7 Å². The van der Waals surface area contributed by atoms with Gasteiger partial charge in [0.25, 0.3) is 0 Å². The number of nitrogens with zero attached hydrogens (tertiary/aromatic N) is 2. The molecule has 1 aromatic heterocycles. The average Bonchev–Trinajstić information content (AvgIpc) is 2.27. The fourth-order valence-electron chi connectivity index (χ4n) is 0.847. The Morgan fingerprint density at radius 3 is 3.00 bits per heavy atom. The van der Waals surface area contributed by atoms with Gasteiger partial charge >= 0.3 is 0 Å². The van der Waals surface area contributed by atoms with Crippen molar-refractivity contribution < 1.29 is 5.11 Å². The molecule has 0 spiro atoms. The zero-order valence-corrected chi connectivity index (χ0v) is 11.1. The summed E-state index contributed by atoms with van der Waals surface area (Å²) in [6.45, 7) is 2.20. The summed E-state index contributed by atoms with van der Waals surface area (Å²) in [5.74, 6) is 1.72. The zero-order chi connectivity index (χ0) is 11.3. The first-order valence-electron chi connectivity index (χ1n) is 4.61. The SMILES string of the molecule is CNc1ncc(Br)c(SCC(C)CO)n1. The number of thioether (sulfide) groups is 1. The van der Waals surface area contributed by atoms with Crippen molar-refractivity contribution in [3.8, 4) is 0 Å². The fraction of sp³-hybridized carbons (Fsp3) is 0.556. The Kier molecular flexibility index (Phi) is 5.35. The Bertz CT molecular complexity index is 324. The van der Waals surface area contributed by atoms with E-state index in [4.69, 9.17) is 5.11 Å². The molecule has 0 aromatic carbocycles. The van der Waals surface area contributed by atoms with E-state index in [2.05, 4.69) is 31.2 Å². The van der Waals surface area contributed by atoms with E-state index in [9.17, 15) is 0 Å². The lowest BCUT2D eigenvalue weighted by Gasteiger charge is -2.08. The molecule has 84 valence electrons. The van der Waals surface area contributed by atoms with Crippen molar-refractivity contribution >= 4 is 33.6 Å². The molecule has 6 heteroatoms. The third-order valence-electron chi connectivity index (χ3n) is 1.75. The Morgan fingerprint density at radius 2 is 2.40 bits per heavy atom. The lowest BCUT2D eigenvalue weighted by molar-refractivity contribution is 0.250. The molecule has 1 rings (SSSR count). The smallest absolute Gasteiger partial charge is 0.223 e. The number of hydrogen-bond acceptors (Lipinski definition) is 5.